The molecule has 0 bridgehead atoms. The van der Waals surface area contributed by atoms with Gasteiger partial charge in [-0.25, -0.2) is 0 Å². The molecule has 0 aliphatic carbocycles. The zero-order chi connectivity index (χ0) is 6.97. The second kappa shape index (κ2) is 1.84. The average Bonchev–Trinajstić information content (AvgIpc) is 2.36. The Morgan fingerprint density at radius 3 is 3.20 bits per heavy atom. The highest BCUT2D eigenvalue weighted by molar-refractivity contribution is 5.85. The fraction of sp³-hybridized carbons (Fsp3) is 0.125. The van der Waals surface area contributed by atoms with Gasteiger partial charge in [-0.3, -0.25) is 9.36 Å². The van der Waals surface area contributed by atoms with Crippen molar-refractivity contribution in [2.45, 2.75) is 6.42 Å². The molecular weight excluding hydrogens is 126 g/mol. The van der Waals surface area contributed by atoms with Crippen LogP contribution in [0.4, 0.5) is 0 Å². The van der Waals surface area contributed by atoms with E-state index < -0.39 is 0 Å². The van der Waals surface area contributed by atoms with Crippen LogP contribution in [0.3, 0.4) is 0 Å². The van der Waals surface area contributed by atoms with Crippen LogP contribution >= 0.6 is 0 Å². The van der Waals surface area contributed by atoms with Crippen molar-refractivity contribution in [3.05, 3.63) is 30.1 Å². The Morgan fingerprint density at radius 2 is 2.40 bits per heavy atom. The van der Waals surface area contributed by atoms with Gasteiger partial charge in [0.1, 0.15) is 0 Å². The van der Waals surface area contributed by atoms with Crippen molar-refractivity contribution in [1.82, 2.24) is 4.57 Å². The van der Waals surface area contributed by atoms with E-state index in [1.54, 1.807) is 10.8 Å². The molecule has 0 unspecified atom stereocenters. The van der Waals surface area contributed by atoms with Crippen molar-refractivity contribution in [1.29, 1.82) is 0 Å². The van der Waals surface area contributed by atoms with Gasteiger partial charge in [0.2, 0.25) is 5.91 Å². The van der Waals surface area contributed by atoms with Crippen molar-refractivity contribution in [2.24, 2.45) is 0 Å². The maximum absolute atomic E-state index is 11.1. The number of rotatable bonds is 0. The molecule has 0 radical (unpaired) electrons. The molecule has 0 saturated carbocycles. The first-order valence-corrected chi connectivity index (χ1v) is 3.25. The summed E-state index contributed by atoms with van der Waals surface area (Å²) in [4.78, 5) is 11.1. The Morgan fingerprint density at radius 1 is 1.50 bits per heavy atom. The standard InChI is InChI=1S/C8H7NO/c10-8-5-1-3-7-4-2-6-9(7)8/h1-4,6H,5H2. The molecular formula is C8H7NO. The summed E-state index contributed by atoms with van der Waals surface area (Å²) >= 11 is 0. The monoisotopic (exact) mass is 133 g/mol. The highest BCUT2D eigenvalue weighted by Crippen LogP contribution is 2.11. The van der Waals surface area contributed by atoms with E-state index in [1.165, 1.54) is 0 Å². The van der Waals surface area contributed by atoms with Crippen LogP contribution in [0.5, 0.6) is 0 Å². The molecule has 2 rings (SSSR count). The van der Waals surface area contributed by atoms with Crippen molar-refractivity contribution >= 4 is 12.0 Å². The molecule has 0 saturated heterocycles. The molecule has 0 fully saturated rings. The van der Waals surface area contributed by atoms with Gasteiger partial charge in [0, 0.05) is 18.3 Å². The summed E-state index contributed by atoms with van der Waals surface area (Å²) in [6, 6.07) is 3.80. The number of nitrogens with zero attached hydrogens (tertiary/aromatic N) is 1. The maximum atomic E-state index is 11.1. The summed E-state index contributed by atoms with van der Waals surface area (Å²) in [7, 11) is 0. The minimum absolute atomic E-state index is 0.155. The number of carbonyl (C=O) groups is 1. The number of carbonyl (C=O) groups excluding carboxylic acids is 1. The zero-order valence-corrected chi connectivity index (χ0v) is 5.45. The lowest BCUT2D eigenvalue weighted by molar-refractivity contribution is 0.0915. The molecule has 0 amide bonds. The van der Waals surface area contributed by atoms with Crippen LogP contribution in [0.2, 0.25) is 0 Å². The normalized spacial score (nSPS) is 15.4. The van der Waals surface area contributed by atoms with Crippen LogP contribution in [0.1, 0.15) is 16.9 Å². The Labute approximate surface area is 58.8 Å². The molecule has 2 nitrogen and oxygen atoms in total. The predicted molar refractivity (Wildman–Crippen MR) is 38.7 cm³/mol. The molecule has 0 N–H and O–H groups in total. The van der Waals surface area contributed by atoms with Gasteiger partial charge in [-0.15, -0.1) is 0 Å². The van der Waals surface area contributed by atoms with E-state index in [0.29, 0.717) is 6.42 Å². The number of allylic oxidation sites excluding steroid dienone is 1. The molecule has 0 aromatic carbocycles. The summed E-state index contributed by atoms with van der Waals surface area (Å²) < 4.78 is 1.67. The first kappa shape index (κ1) is 5.47. The Hall–Kier alpha value is -1.31. The smallest absolute Gasteiger partial charge is 0.234 e. The third kappa shape index (κ3) is 0.620. The minimum Gasteiger partial charge on any atom is -0.288 e. The van der Waals surface area contributed by atoms with Gasteiger partial charge >= 0.3 is 0 Å². The SMILES string of the molecule is O=C1CC=Cc2cccn21. The molecule has 0 spiro atoms. The van der Waals surface area contributed by atoms with Crippen LogP contribution in [0, 0.1) is 0 Å². The molecule has 1 aromatic heterocycles. The number of hydrogen-bond donors (Lipinski definition) is 0. The molecule has 2 heteroatoms. The molecule has 0 atom stereocenters. The number of fused-ring (bicyclic) bond motifs is 1. The van der Waals surface area contributed by atoms with E-state index >= 15 is 0 Å². The van der Waals surface area contributed by atoms with Gasteiger partial charge in [-0.05, 0) is 18.2 Å². The molecule has 1 aromatic rings. The summed E-state index contributed by atoms with van der Waals surface area (Å²) in [5.74, 6) is 0.155. The molecule has 10 heavy (non-hydrogen) atoms. The topological polar surface area (TPSA) is 22.0 Å². The van der Waals surface area contributed by atoms with Gasteiger partial charge in [0.05, 0.1) is 0 Å². The zero-order valence-electron chi connectivity index (χ0n) is 5.45. The lowest BCUT2D eigenvalue weighted by Gasteiger charge is -2.06. The van der Waals surface area contributed by atoms with Crippen LogP contribution in [0.15, 0.2) is 24.4 Å². The second-order valence-electron chi connectivity index (χ2n) is 2.30. The van der Waals surface area contributed by atoms with Gasteiger partial charge in [0.15, 0.2) is 0 Å². The van der Waals surface area contributed by atoms with E-state index in [4.69, 9.17) is 0 Å². The Bertz CT molecular complexity index is 296. The Balaban J connectivity index is 2.62. The van der Waals surface area contributed by atoms with E-state index in [2.05, 4.69) is 0 Å². The molecule has 1 aliphatic heterocycles. The lowest BCUT2D eigenvalue weighted by atomic mass is 10.2. The third-order valence-electron chi connectivity index (χ3n) is 1.63. The fourth-order valence-corrected chi connectivity index (χ4v) is 1.14. The summed E-state index contributed by atoms with van der Waals surface area (Å²) in [5, 5.41) is 0. The highest BCUT2D eigenvalue weighted by Gasteiger charge is 2.08. The maximum Gasteiger partial charge on any atom is 0.234 e. The van der Waals surface area contributed by atoms with Gasteiger partial charge in [0.25, 0.3) is 0 Å². The molecule has 1 aliphatic rings. The number of hydrogen-bond acceptors (Lipinski definition) is 1. The summed E-state index contributed by atoms with van der Waals surface area (Å²) in [5.41, 5.74) is 0.983. The van der Waals surface area contributed by atoms with Crippen LogP contribution in [-0.2, 0) is 0 Å². The van der Waals surface area contributed by atoms with Crippen LogP contribution in [0.25, 0.3) is 6.08 Å². The highest BCUT2D eigenvalue weighted by atomic mass is 16.2. The van der Waals surface area contributed by atoms with Crippen molar-refractivity contribution in [3.8, 4) is 0 Å². The third-order valence-corrected chi connectivity index (χ3v) is 1.63. The molecule has 2 heterocycles. The van der Waals surface area contributed by atoms with Gasteiger partial charge in [-0.1, -0.05) is 6.08 Å². The minimum atomic E-state index is 0.155. The Kier molecular flexibility index (Phi) is 1.01. The lowest BCUT2D eigenvalue weighted by Crippen LogP contribution is -2.12. The van der Waals surface area contributed by atoms with Gasteiger partial charge in [-0.2, -0.15) is 0 Å². The number of aromatic nitrogens is 1. The quantitative estimate of drug-likeness (QED) is 0.526. The van der Waals surface area contributed by atoms with E-state index in [9.17, 15) is 4.79 Å². The van der Waals surface area contributed by atoms with Crippen molar-refractivity contribution in [2.75, 3.05) is 0 Å². The van der Waals surface area contributed by atoms with Crippen LogP contribution < -0.4 is 0 Å². The first-order valence-electron chi connectivity index (χ1n) is 3.25. The average molecular weight is 133 g/mol. The van der Waals surface area contributed by atoms with Gasteiger partial charge < -0.3 is 0 Å². The first-order chi connectivity index (χ1) is 4.88. The fourth-order valence-electron chi connectivity index (χ4n) is 1.14. The van der Waals surface area contributed by atoms with Crippen molar-refractivity contribution in [3.63, 3.8) is 0 Å². The van der Waals surface area contributed by atoms with Crippen molar-refractivity contribution < 1.29 is 4.79 Å². The summed E-state index contributed by atoms with van der Waals surface area (Å²) in [6.07, 6.45) is 6.17. The predicted octanol–water partition coefficient (Wildman–Crippen LogP) is 1.55. The molecule has 50 valence electrons. The largest absolute Gasteiger partial charge is 0.288 e. The van der Waals surface area contributed by atoms with E-state index in [0.717, 1.165) is 5.69 Å². The van der Waals surface area contributed by atoms with E-state index in [1.807, 2.05) is 24.3 Å². The summed E-state index contributed by atoms with van der Waals surface area (Å²) in [6.45, 7) is 0. The van der Waals surface area contributed by atoms with Crippen LogP contribution in [-0.4, -0.2) is 10.5 Å². The van der Waals surface area contributed by atoms with E-state index in [-0.39, 0.29) is 5.91 Å². The second-order valence-corrected chi connectivity index (χ2v) is 2.30.